The Morgan fingerprint density at radius 1 is 1.42 bits per heavy atom. The normalized spacial score (nSPS) is 28.7. The number of nitrogens with zero attached hydrogens (tertiary/aromatic N) is 5. The number of halogens is 1. The van der Waals surface area contributed by atoms with Gasteiger partial charge in [-0.1, -0.05) is 6.07 Å². The van der Waals surface area contributed by atoms with Gasteiger partial charge in [0.15, 0.2) is 5.82 Å². The number of benzene rings is 1. The molecule has 2 aliphatic rings. The molecule has 3 aromatic rings. The summed E-state index contributed by atoms with van der Waals surface area (Å²) in [7, 11) is 0. The van der Waals surface area contributed by atoms with Gasteiger partial charge in [0.1, 0.15) is 5.82 Å². The van der Waals surface area contributed by atoms with Crippen LogP contribution < -0.4 is 10.2 Å². The van der Waals surface area contributed by atoms with E-state index in [1.807, 2.05) is 6.07 Å². The molecule has 0 aliphatic carbocycles. The van der Waals surface area contributed by atoms with E-state index in [4.69, 9.17) is 11.0 Å². The van der Waals surface area contributed by atoms with E-state index in [0.717, 1.165) is 10.7 Å². The van der Waals surface area contributed by atoms with Crippen molar-refractivity contribution < 1.29 is 25.3 Å². The summed E-state index contributed by atoms with van der Waals surface area (Å²) < 4.78 is 80.9. The third kappa shape index (κ3) is 3.21. The first-order valence-corrected chi connectivity index (χ1v) is 9.05. The van der Waals surface area contributed by atoms with Gasteiger partial charge in [-0.3, -0.25) is 4.79 Å². The zero-order chi connectivity index (χ0) is 28.7. The SMILES string of the molecule is [2H]C([2H])[C@]1(O)CC([2H])([2H])N(c2ccn(-c3cc(-c4c(F)cccc4C#N)nc4c3C(=O)NC4([2H])[2H])n2)C1([2H])[2H]. The molecule has 1 saturated heterocycles. The Hall–Kier alpha value is -3.77. The van der Waals surface area contributed by atoms with E-state index in [-0.39, 0.29) is 33.9 Å². The van der Waals surface area contributed by atoms with Gasteiger partial charge in [-0.15, -0.1) is 0 Å². The molecule has 2 N–H and O–H groups in total. The van der Waals surface area contributed by atoms with E-state index in [1.54, 1.807) is 0 Å². The van der Waals surface area contributed by atoms with Gasteiger partial charge >= 0.3 is 0 Å². The number of anilines is 1. The number of nitrogens with one attached hydrogen (secondary N) is 1. The van der Waals surface area contributed by atoms with Gasteiger partial charge in [0.25, 0.3) is 5.91 Å². The number of hydrogen-bond donors (Lipinski definition) is 2. The highest BCUT2D eigenvalue weighted by Gasteiger charge is 2.33. The first kappa shape index (κ1) is 12.2. The highest BCUT2D eigenvalue weighted by Crippen LogP contribution is 2.32. The third-order valence-electron chi connectivity index (χ3n) is 4.77. The van der Waals surface area contributed by atoms with Crippen molar-refractivity contribution in [1.29, 1.82) is 5.26 Å². The number of aromatic nitrogens is 3. The standard InChI is InChI=1S/C22H19FN6O2/c1-22(31)6-8-28(12-22)18-5-7-29(27-18)17-9-15(26-16-11-25-21(30)20(16)17)19-13(10-24)3-2-4-14(19)23/h2-5,7,9,31H,6,8,11-12H2,1H3,(H,25,30)/t22-/m0/s1/i1D2,8D2,11D2,12D2. The molecule has 1 amide bonds. The minimum Gasteiger partial charge on any atom is -0.388 e. The zero-order valence-electron chi connectivity index (χ0n) is 23.7. The molecule has 1 atom stereocenters. The summed E-state index contributed by atoms with van der Waals surface area (Å²) in [5.74, 6) is -2.06. The first-order valence-electron chi connectivity index (χ1n) is 13.2. The minimum absolute atomic E-state index is 0.106. The van der Waals surface area contributed by atoms with Gasteiger partial charge < -0.3 is 15.3 Å². The Labute approximate surface area is 188 Å². The number of pyridine rings is 1. The molecular formula is C22H19FN6O2. The van der Waals surface area contributed by atoms with Gasteiger partial charge in [-0.2, -0.15) is 10.4 Å². The van der Waals surface area contributed by atoms with E-state index in [2.05, 4.69) is 15.4 Å². The maximum atomic E-state index is 14.9. The van der Waals surface area contributed by atoms with Crippen molar-refractivity contribution in [3.63, 3.8) is 0 Å². The second-order valence-corrected chi connectivity index (χ2v) is 6.93. The van der Waals surface area contributed by atoms with Crippen LogP contribution in [0.5, 0.6) is 0 Å². The third-order valence-corrected chi connectivity index (χ3v) is 4.77. The molecule has 2 aliphatic heterocycles. The summed E-state index contributed by atoms with van der Waals surface area (Å²) in [5.41, 5.74) is -4.05. The Kier molecular flexibility index (Phi) is 2.71. The van der Waals surface area contributed by atoms with E-state index < -0.39 is 55.8 Å². The van der Waals surface area contributed by atoms with Crippen LogP contribution >= 0.6 is 0 Å². The van der Waals surface area contributed by atoms with Crippen LogP contribution in [0.15, 0.2) is 36.5 Å². The molecule has 5 rings (SSSR count). The van der Waals surface area contributed by atoms with Crippen LogP contribution in [0.4, 0.5) is 10.2 Å². The second-order valence-electron chi connectivity index (χ2n) is 6.93. The number of β-amino-alcohol motifs (C(OH)–C–C–N with tert-alkyl or cyclic N) is 1. The van der Waals surface area contributed by atoms with Crippen molar-refractivity contribution in [3.8, 4) is 23.0 Å². The molecule has 0 bridgehead atoms. The summed E-state index contributed by atoms with van der Waals surface area (Å²) in [6.07, 6.45) is 0.310. The lowest BCUT2D eigenvalue weighted by Crippen LogP contribution is -2.29. The lowest BCUT2D eigenvalue weighted by atomic mass is 10.0. The number of carbonyl (C=O) groups excluding carboxylic acids is 1. The van der Waals surface area contributed by atoms with Crippen LogP contribution in [-0.4, -0.2) is 44.4 Å². The summed E-state index contributed by atoms with van der Waals surface area (Å²) >= 11 is 0. The van der Waals surface area contributed by atoms with E-state index >= 15 is 0 Å². The maximum Gasteiger partial charge on any atom is 0.255 e. The van der Waals surface area contributed by atoms with Crippen molar-refractivity contribution in [2.75, 3.05) is 17.9 Å². The number of nitriles is 1. The molecule has 4 heterocycles. The largest absolute Gasteiger partial charge is 0.388 e. The molecule has 156 valence electrons. The number of fused-ring (bicyclic) bond motifs is 1. The van der Waals surface area contributed by atoms with Crippen LogP contribution in [0.25, 0.3) is 16.9 Å². The van der Waals surface area contributed by atoms with Crippen molar-refractivity contribution in [2.45, 2.75) is 25.4 Å². The number of amides is 1. The van der Waals surface area contributed by atoms with Crippen LogP contribution in [-0.2, 0) is 6.50 Å². The molecule has 2 aromatic heterocycles. The predicted octanol–water partition coefficient (Wildman–Crippen LogP) is 2.15. The van der Waals surface area contributed by atoms with Crippen molar-refractivity contribution in [3.05, 3.63) is 59.2 Å². The fraction of sp³-hybridized carbons (Fsp3) is 0.273. The van der Waals surface area contributed by atoms with Crippen molar-refractivity contribution >= 4 is 11.7 Å². The quantitative estimate of drug-likeness (QED) is 0.665. The second kappa shape index (κ2) is 6.89. The average molecular weight is 426 g/mol. The van der Waals surface area contributed by atoms with Crippen LogP contribution in [0, 0.1) is 17.1 Å². The molecule has 0 saturated carbocycles. The van der Waals surface area contributed by atoms with E-state index in [0.29, 0.717) is 4.90 Å². The Balaban J connectivity index is 1.72. The molecule has 0 spiro atoms. The minimum atomic E-state index is -2.95. The maximum absolute atomic E-state index is 14.9. The Morgan fingerprint density at radius 2 is 2.29 bits per heavy atom. The number of carbonyl (C=O) groups is 1. The summed E-state index contributed by atoms with van der Waals surface area (Å²) in [6.45, 7) is -10.1. The molecular weight excluding hydrogens is 399 g/mol. The topological polar surface area (TPSA) is 107 Å². The molecule has 9 heteroatoms. The zero-order valence-corrected chi connectivity index (χ0v) is 15.7. The molecule has 8 nitrogen and oxygen atoms in total. The lowest BCUT2D eigenvalue weighted by molar-refractivity contribution is 0.0838. The lowest BCUT2D eigenvalue weighted by Gasteiger charge is -2.18. The number of hydrogen-bond acceptors (Lipinski definition) is 6. The van der Waals surface area contributed by atoms with Crippen LogP contribution in [0.3, 0.4) is 0 Å². The highest BCUT2D eigenvalue weighted by molar-refractivity contribution is 6.01. The monoisotopic (exact) mass is 426 g/mol. The highest BCUT2D eigenvalue weighted by atomic mass is 19.1. The average Bonchev–Trinajstić information content (AvgIpc) is 3.43. The Bertz CT molecular complexity index is 1570. The summed E-state index contributed by atoms with van der Waals surface area (Å²) in [4.78, 5) is 17.4. The van der Waals surface area contributed by atoms with E-state index in [9.17, 15) is 19.6 Å². The Morgan fingerprint density at radius 3 is 3.06 bits per heavy atom. The van der Waals surface area contributed by atoms with Gasteiger partial charge in [-0.25, -0.2) is 14.1 Å². The van der Waals surface area contributed by atoms with Crippen LogP contribution in [0.2, 0.25) is 0 Å². The van der Waals surface area contributed by atoms with Crippen molar-refractivity contribution in [1.82, 2.24) is 20.1 Å². The van der Waals surface area contributed by atoms with Gasteiger partial charge in [0.05, 0.1) is 57.4 Å². The predicted molar refractivity (Wildman–Crippen MR) is 110 cm³/mol. The summed E-state index contributed by atoms with van der Waals surface area (Å²) in [5, 5.41) is 26.5. The molecule has 0 unspecified atom stereocenters. The van der Waals surface area contributed by atoms with Crippen molar-refractivity contribution in [2.24, 2.45) is 0 Å². The molecule has 31 heavy (non-hydrogen) atoms. The molecule has 1 fully saturated rings. The van der Waals surface area contributed by atoms with Gasteiger partial charge in [0, 0.05) is 30.7 Å². The number of aliphatic hydroxyl groups is 1. The smallest absolute Gasteiger partial charge is 0.255 e. The molecule has 1 aromatic carbocycles. The van der Waals surface area contributed by atoms with Gasteiger partial charge in [0.2, 0.25) is 0 Å². The molecule has 0 radical (unpaired) electrons. The fourth-order valence-electron chi connectivity index (χ4n) is 3.39. The van der Waals surface area contributed by atoms with Gasteiger partial charge in [-0.05, 0) is 31.5 Å². The first-order chi connectivity index (χ1) is 18.0. The van der Waals surface area contributed by atoms with Crippen LogP contribution in [0.1, 0.15) is 45.9 Å². The number of rotatable bonds is 3. The fourth-order valence-corrected chi connectivity index (χ4v) is 3.39. The summed E-state index contributed by atoms with van der Waals surface area (Å²) in [6, 6.07) is 7.94. The van der Waals surface area contributed by atoms with E-state index in [1.165, 1.54) is 30.5 Å².